The largest absolute Gasteiger partial charge is 0.496 e. The van der Waals surface area contributed by atoms with E-state index in [0.29, 0.717) is 28.5 Å². The van der Waals surface area contributed by atoms with Gasteiger partial charge in [-0.25, -0.2) is 4.79 Å². The quantitative estimate of drug-likeness (QED) is 0.637. The van der Waals surface area contributed by atoms with Gasteiger partial charge in [-0.05, 0) is 24.3 Å². The fraction of sp³-hybridized carbons (Fsp3) is 0.167. The molecule has 0 unspecified atom stereocenters. The van der Waals surface area contributed by atoms with E-state index in [4.69, 9.17) is 18.7 Å². The summed E-state index contributed by atoms with van der Waals surface area (Å²) in [6, 6.07) is 14.1. The molecule has 1 heterocycles. The molecule has 2 aromatic carbocycles. The van der Waals surface area contributed by atoms with Crippen molar-refractivity contribution in [2.24, 2.45) is 0 Å². The zero-order valence-electron chi connectivity index (χ0n) is 13.8. The van der Waals surface area contributed by atoms with Crippen LogP contribution in [0.1, 0.15) is 16.2 Å². The molecule has 0 bridgehead atoms. The maximum Gasteiger partial charge on any atom is 0.342 e. The first-order valence-electron chi connectivity index (χ1n) is 7.49. The molecule has 3 rings (SSSR count). The van der Waals surface area contributed by atoms with Crippen LogP contribution in [0.5, 0.6) is 11.5 Å². The molecular formula is C18H16N2O5. The number of hydrogen-bond donors (Lipinski definition) is 0. The summed E-state index contributed by atoms with van der Waals surface area (Å²) >= 11 is 0. The number of ether oxygens (including phenoxy) is 3. The summed E-state index contributed by atoms with van der Waals surface area (Å²) in [5.74, 6) is 1.08. The third-order valence-electron chi connectivity index (χ3n) is 3.47. The summed E-state index contributed by atoms with van der Waals surface area (Å²) in [6.45, 7) is -0.140. The van der Waals surface area contributed by atoms with Gasteiger partial charge >= 0.3 is 5.97 Å². The standard InChI is InChI=1S/C18H16N2O5/c1-22-14-9-5-3-7-12(14)17-19-16(25-20-17)11-24-18(21)13-8-4-6-10-15(13)23-2/h3-10H,11H2,1-2H3. The molecule has 25 heavy (non-hydrogen) atoms. The molecule has 3 aromatic rings. The highest BCUT2D eigenvalue weighted by Crippen LogP contribution is 2.27. The highest BCUT2D eigenvalue weighted by molar-refractivity contribution is 5.92. The van der Waals surface area contributed by atoms with E-state index in [1.807, 2.05) is 18.2 Å². The molecule has 0 fully saturated rings. The Hall–Kier alpha value is -3.35. The van der Waals surface area contributed by atoms with Crippen LogP contribution in [0.2, 0.25) is 0 Å². The number of carbonyl (C=O) groups is 1. The molecule has 0 N–H and O–H groups in total. The Bertz CT molecular complexity index is 875. The van der Waals surface area contributed by atoms with Crippen LogP contribution in [0.3, 0.4) is 0 Å². The van der Waals surface area contributed by atoms with E-state index in [9.17, 15) is 4.79 Å². The van der Waals surface area contributed by atoms with Crippen LogP contribution in [0.15, 0.2) is 53.1 Å². The van der Waals surface area contributed by atoms with E-state index in [2.05, 4.69) is 10.1 Å². The number of rotatable bonds is 6. The molecular weight excluding hydrogens is 324 g/mol. The summed E-state index contributed by atoms with van der Waals surface area (Å²) in [5.41, 5.74) is 1.02. The van der Waals surface area contributed by atoms with Crippen LogP contribution in [-0.4, -0.2) is 30.3 Å². The first-order valence-corrected chi connectivity index (χ1v) is 7.49. The predicted molar refractivity (Wildman–Crippen MR) is 88.4 cm³/mol. The molecule has 7 nitrogen and oxygen atoms in total. The zero-order chi connectivity index (χ0) is 17.6. The molecule has 0 spiro atoms. The van der Waals surface area contributed by atoms with Crippen LogP contribution in [0.4, 0.5) is 0 Å². The van der Waals surface area contributed by atoms with E-state index in [-0.39, 0.29) is 12.5 Å². The van der Waals surface area contributed by atoms with Gasteiger partial charge in [-0.3, -0.25) is 0 Å². The van der Waals surface area contributed by atoms with Gasteiger partial charge in [0.05, 0.1) is 19.8 Å². The van der Waals surface area contributed by atoms with Gasteiger partial charge in [0, 0.05) is 0 Å². The van der Waals surface area contributed by atoms with Gasteiger partial charge in [-0.15, -0.1) is 0 Å². The van der Waals surface area contributed by atoms with Crippen LogP contribution < -0.4 is 9.47 Å². The Labute approximate surface area is 144 Å². The lowest BCUT2D eigenvalue weighted by Crippen LogP contribution is -2.07. The Morgan fingerprint density at radius 1 is 1.00 bits per heavy atom. The molecule has 0 aliphatic heterocycles. The van der Waals surface area contributed by atoms with Gasteiger partial charge in [0.25, 0.3) is 5.89 Å². The average molecular weight is 340 g/mol. The Morgan fingerprint density at radius 3 is 2.44 bits per heavy atom. The maximum absolute atomic E-state index is 12.2. The number of para-hydroxylation sites is 2. The predicted octanol–water partition coefficient (Wildman–Crippen LogP) is 3.11. The van der Waals surface area contributed by atoms with Crippen molar-refractivity contribution < 1.29 is 23.5 Å². The average Bonchev–Trinajstić information content (AvgIpc) is 3.14. The lowest BCUT2D eigenvalue weighted by molar-refractivity contribution is 0.0426. The fourth-order valence-electron chi connectivity index (χ4n) is 2.27. The summed E-state index contributed by atoms with van der Waals surface area (Å²) in [7, 11) is 3.05. The van der Waals surface area contributed by atoms with Gasteiger partial charge in [-0.1, -0.05) is 29.4 Å². The van der Waals surface area contributed by atoms with Crippen molar-refractivity contribution in [2.45, 2.75) is 6.61 Å². The van der Waals surface area contributed by atoms with Crippen molar-refractivity contribution >= 4 is 5.97 Å². The molecule has 128 valence electrons. The minimum atomic E-state index is -0.533. The molecule has 0 saturated carbocycles. The van der Waals surface area contributed by atoms with Gasteiger partial charge < -0.3 is 18.7 Å². The molecule has 0 aliphatic carbocycles. The second kappa shape index (κ2) is 7.48. The SMILES string of the molecule is COc1ccccc1C(=O)OCc1nc(-c2ccccc2OC)no1. The number of esters is 1. The Balaban J connectivity index is 1.71. The highest BCUT2D eigenvalue weighted by Gasteiger charge is 2.16. The third kappa shape index (κ3) is 3.60. The Morgan fingerprint density at radius 2 is 1.68 bits per heavy atom. The second-order valence-electron chi connectivity index (χ2n) is 4.99. The first kappa shape index (κ1) is 16.5. The first-order chi connectivity index (χ1) is 12.2. The maximum atomic E-state index is 12.2. The molecule has 7 heteroatoms. The fourth-order valence-corrected chi connectivity index (χ4v) is 2.27. The monoisotopic (exact) mass is 340 g/mol. The minimum absolute atomic E-state index is 0.140. The summed E-state index contributed by atoms with van der Waals surface area (Å²) < 4.78 is 20.8. The Kier molecular flexibility index (Phi) is 4.94. The van der Waals surface area contributed by atoms with Crippen molar-refractivity contribution in [3.05, 3.63) is 60.0 Å². The second-order valence-corrected chi connectivity index (χ2v) is 4.99. The lowest BCUT2D eigenvalue weighted by Gasteiger charge is -2.06. The smallest absolute Gasteiger partial charge is 0.342 e. The molecule has 0 aliphatic rings. The van der Waals surface area contributed by atoms with Crippen LogP contribution in [-0.2, 0) is 11.3 Å². The van der Waals surface area contributed by atoms with Gasteiger partial charge in [-0.2, -0.15) is 4.98 Å². The molecule has 0 radical (unpaired) electrons. The number of nitrogens with zero attached hydrogens (tertiary/aromatic N) is 2. The van der Waals surface area contributed by atoms with E-state index in [1.54, 1.807) is 37.4 Å². The third-order valence-corrected chi connectivity index (χ3v) is 3.47. The van der Waals surface area contributed by atoms with E-state index >= 15 is 0 Å². The number of carbonyl (C=O) groups excluding carboxylic acids is 1. The van der Waals surface area contributed by atoms with E-state index in [0.717, 1.165) is 0 Å². The van der Waals surface area contributed by atoms with E-state index < -0.39 is 5.97 Å². The van der Waals surface area contributed by atoms with Crippen molar-refractivity contribution in [1.82, 2.24) is 10.1 Å². The summed E-state index contributed by atoms with van der Waals surface area (Å²) in [4.78, 5) is 16.4. The summed E-state index contributed by atoms with van der Waals surface area (Å²) in [6.07, 6.45) is 0. The van der Waals surface area contributed by atoms with Crippen molar-refractivity contribution in [3.63, 3.8) is 0 Å². The zero-order valence-corrected chi connectivity index (χ0v) is 13.8. The number of hydrogen-bond acceptors (Lipinski definition) is 7. The highest BCUT2D eigenvalue weighted by atomic mass is 16.6. The summed E-state index contributed by atoms with van der Waals surface area (Å²) in [5, 5.41) is 3.90. The molecule has 0 atom stereocenters. The van der Waals surface area contributed by atoms with Crippen LogP contribution in [0.25, 0.3) is 11.4 Å². The normalized spacial score (nSPS) is 10.3. The molecule has 0 amide bonds. The van der Waals surface area contributed by atoms with Crippen LogP contribution in [0, 0.1) is 0 Å². The van der Waals surface area contributed by atoms with Gasteiger partial charge in [0.2, 0.25) is 5.82 Å². The number of methoxy groups -OCH3 is 2. The van der Waals surface area contributed by atoms with Crippen molar-refractivity contribution in [1.29, 1.82) is 0 Å². The van der Waals surface area contributed by atoms with Crippen molar-refractivity contribution in [3.8, 4) is 22.9 Å². The lowest BCUT2D eigenvalue weighted by atomic mass is 10.2. The van der Waals surface area contributed by atoms with E-state index in [1.165, 1.54) is 7.11 Å². The van der Waals surface area contributed by atoms with Gasteiger partial charge in [0.15, 0.2) is 6.61 Å². The minimum Gasteiger partial charge on any atom is -0.496 e. The number of aromatic nitrogens is 2. The van der Waals surface area contributed by atoms with Gasteiger partial charge in [0.1, 0.15) is 17.1 Å². The topological polar surface area (TPSA) is 83.7 Å². The number of benzene rings is 2. The van der Waals surface area contributed by atoms with Crippen molar-refractivity contribution in [2.75, 3.05) is 14.2 Å². The molecule has 0 saturated heterocycles. The molecule has 1 aromatic heterocycles. The van der Waals surface area contributed by atoms with Crippen LogP contribution >= 0.6 is 0 Å².